The first-order chi connectivity index (χ1) is 12.8. The molecule has 7 heteroatoms. The van der Waals surface area contributed by atoms with Crippen LogP contribution in [0.3, 0.4) is 0 Å². The number of nitrogens with one attached hydrogen (secondary N) is 1. The SMILES string of the molecule is C[C@]1(F)CCC[C@H]1Nc1c(C(N)=O)cnn2cc(-c3cccc(Cl)c3)cc12. The molecule has 1 fully saturated rings. The number of anilines is 1. The van der Waals surface area contributed by atoms with Gasteiger partial charge in [-0.15, -0.1) is 0 Å². The highest BCUT2D eigenvalue weighted by Crippen LogP contribution is 2.37. The molecule has 2 atom stereocenters. The number of carbonyl (C=O) groups excluding carboxylic acids is 1. The van der Waals surface area contributed by atoms with Gasteiger partial charge in [-0.25, -0.2) is 8.91 Å². The molecule has 1 saturated carbocycles. The van der Waals surface area contributed by atoms with Crippen LogP contribution in [0.15, 0.2) is 42.7 Å². The summed E-state index contributed by atoms with van der Waals surface area (Å²) in [4.78, 5) is 11.9. The zero-order chi connectivity index (χ0) is 19.2. The Hall–Kier alpha value is -2.60. The topological polar surface area (TPSA) is 72.4 Å². The lowest BCUT2D eigenvalue weighted by Crippen LogP contribution is -2.36. The maximum atomic E-state index is 14.8. The number of alkyl halides is 1. The number of fused-ring (bicyclic) bond motifs is 1. The van der Waals surface area contributed by atoms with Crippen molar-refractivity contribution in [3.8, 4) is 11.1 Å². The van der Waals surface area contributed by atoms with Crippen molar-refractivity contribution in [2.45, 2.75) is 37.9 Å². The van der Waals surface area contributed by atoms with Crippen molar-refractivity contribution in [2.24, 2.45) is 5.73 Å². The van der Waals surface area contributed by atoms with Crippen molar-refractivity contribution in [2.75, 3.05) is 5.32 Å². The molecule has 3 N–H and O–H groups in total. The van der Waals surface area contributed by atoms with Crippen molar-refractivity contribution in [1.29, 1.82) is 0 Å². The summed E-state index contributed by atoms with van der Waals surface area (Å²) in [5, 5.41) is 8.16. The Morgan fingerprint density at radius 2 is 2.22 bits per heavy atom. The Morgan fingerprint density at radius 3 is 2.89 bits per heavy atom. The zero-order valence-corrected chi connectivity index (χ0v) is 15.6. The van der Waals surface area contributed by atoms with Gasteiger partial charge < -0.3 is 11.1 Å². The van der Waals surface area contributed by atoms with E-state index in [2.05, 4.69) is 10.4 Å². The van der Waals surface area contributed by atoms with E-state index in [1.165, 1.54) is 6.20 Å². The lowest BCUT2D eigenvalue weighted by molar-refractivity contribution is 0.1000. The van der Waals surface area contributed by atoms with Crippen molar-refractivity contribution >= 4 is 28.7 Å². The lowest BCUT2D eigenvalue weighted by atomic mass is 10.0. The average molecular weight is 387 g/mol. The summed E-state index contributed by atoms with van der Waals surface area (Å²) in [6, 6.07) is 8.99. The first kappa shape index (κ1) is 17.8. The third-order valence-electron chi connectivity index (χ3n) is 5.26. The number of primary amides is 1. The number of halogens is 2. The van der Waals surface area contributed by atoms with E-state index in [-0.39, 0.29) is 11.6 Å². The molecular formula is C20H20ClFN4O. The van der Waals surface area contributed by atoms with Crippen molar-refractivity contribution in [3.05, 3.63) is 53.3 Å². The number of aromatic nitrogens is 2. The minimum Gasteiger partial charge on any atom is -0.377 e. The van der Waals surface area contributed by atoms with Gasteiger partial charge in [-0.2, -0.15) is 5.10 Å². The van der Waals surface area contributed by atoms with Gasteiger partial charge in [-0.1, -0.05) is 23.7 Å². The zero-order valence-electron chi connectivity index (χ0n) is 14.9. The molecule has 5 nitrogen and oxygen atoms in total. The molecule has 140 valence electrons. The van der Waals surface area contributed by atoms with Gasteiger partial charge >= 0.3 is 0 Å². The smallest absolute Gasteiger partial charge is 0.252 e. The Balaban J connectivity index is 1.84. The summed E-state index contributed by atoms with van der Waals surface area (Å²) in [5.74, 6) is -0.600. The van der Waals surface area contributed by atoms with Crippen LogP contribution in [0.4, 0.5) is 10.1 Å². The number of carbonyl (C=O) groups is 1. The van der Waals surface area contributed by atoms with Crippen molar-refractivity contribution < 1.29 is 9.18 Å². The molecular weight excluding hydrogens is 367 g/mol. The Morgan fingerprint density at radius 1 is 1.41 bits per heavy atom. The van der Waals surface area contributed by atoms with Gasteiger partial charge in [-0.3, -0.25) is 4.79 Å². The van der Waals surface area contributed by atoms with Gasteiger partial charge in [0.25, 0.3) is 5.91 Å². The fraction of sp³-hybridized carbons (Fsp3) is 0.300. The monoisotopic (exact) mass is 386 g/mol. The van der Waals surface area contributed by atoms with Crippen LogP contribution in [-0.4, -0.2) is 27.2 Å². The second-order valence-electron chi connectivity index (χ2n) is 7.23. The van der Waals surface area contributed by atoms with Crippen LogP contribution in [0.5, 0.6) is 0 Å². The van der Waals surface area contributed by atoms with Crippen LogP contribution < -0.4 is 11.1 Å². The number of nitrogens with two attached hydrogens (primary N) is 1. The second-order valence-corrected chi connectivity index (χ2v) is 7.67. The molecule has 0 aliphatic heterocycles. The van der Waals surface area contributed by atoms with Gasteiger partial charge in [-0.05, 0) is 49.9 Å². The first-order valence-electron chi connectivity index (χ1n) is 8.88. The number of hydrogen-bond donors (Lipinski definition) is 2. The van der Waals surface area contributed by atoms with E-state index in [4.69, 9.17) is 17.3 Å². The molecule has 0 unspecified atom stereocenters. The molecule has 0 radical (unpaired) electrons. The fourth-order valence-corrected chi connectivity index (χ4v) is 3.94. The Labute approximate surface area is 161 Å². The molecule has 27 heavy (non-hydrogen) atoms. The summed E-state index contributed by atoms with van der Waals surface area (Å²) in [6.07, 6.45) is 5.26. The standard InChI is InChI=1S/C20H20ClFN4O/c1-20(22)7-3-6-17(20)25-18-15(19(23)27)10-24-26-11-13(9-16(18)26)12-4-2-5-14(21)8-12/h2,4-5,8-11,17,25H,3,6-7H2,1H3,(H2,23,27)/t17-,20+/m1/s1. The number of amides is 1. The van der Waals surface area contributed by atoms with Gasteiger partial charge in [0.15, 0.2) is 0 Å². The number of hydrogen-bond acceptors (Lipinski definition) is 3. The summed E-state index contributed by atoms with van der Waals surface area (Å²) >= 11 is 6.10. The third-order valence-corrected chi connectivity index (χ3v) is 5.50. The average Bonchev–Trinajstić information content (AvgIpc) is 3.18. The van der Waals surface area contributed by atoms with E-state index >= 15 is 0 Å². The van der Waals surface area contributed by atoms with Crippen LogP contribution >= 0.6 is 11.6 Å². The minimum atomic E-state index is -1.34. The van der Waals surface area contributed by atoms with E-state index in [9.17, 15) is 9.18 Å². The molecule has 1 amide bonds. The van der Waals surface area contributed by atoms with Crippen LogP contribution in [0, 0.1) is 0 Å². The second kappa shape index (κ2) is 6.53. The van der Waals surface area contributed by atoms with Gasteiger partial charge in [0.2, 0.25) is 0 Å². The Kier molecular flexibility index (Phi) is 4.30. The summed E-state index contributed by atoms with van der Waals surface area (Å²) in [5.41, 5.74) is 7.47. The first-order valence-corrected chi connectivity index (χ1v) is 9.25. The molecule has 0 spiro atoms. The molecule has 3 aromatic rings. The molecule has 1 aliphatic rings. The number of rotatable bonds is 4. The normalized spacial score (nSPS) is 22.3. The summed E-state index contributed by atoms with van der Waals surface area (Å²) in [7, 11) is 0. The molecule has 2 aromatic heterocycles. The van der Waals surface area contributed by atoms with E-state index in [0.29, 0.717) is 29.1 Å². The van der Waals surface area contributed by atoms with Gasteiger partial charge in [0, 0.05) is 16.8 Å². The number of nitrogens with zero attached hydrogens (tertiary/aromatic N) is 2. The third kappa shape index (κ3) is 3.25. The van der Waals surface area contributed by atoms with Gasteiger partial charge in [0.05, 0.1) is 29.0 Å². The minimum absolute atomic E-state index is 0.251. The molecule has 1 aliphatic carbocycles. The van der Waals surface area contributed by atoms with Crippen molar-refractivity contribution in [1.82, 2.24) is 9.61 Å². The molecule has 0 saturated heterocycles. The largest absolute Gasteiger partial charge is 0.377 e. The molecule has 0 bridgehead atoms. The maximum Gasteiger partial charge on any atom is 0.252 e. The van der Waals surface area contributed by atoms with E-state index in [1.54, 1.807) is 17.5 Å². The fourth-order valence-electron chi connectivity index (χ4n) is 3.75. The maximum absolute atomic E-state index is 14.8. The van der Waals surface area contributed by atoms with E-state index in [1.807, 2.05) is 30.5 Å². The van der Waals surface area contributed by atoms with E-state index < -0.39 is 11.6 Å². The molecule has 1 aromatic carbocycles. The highest BCUT2D eigenvalue weighted by atomic mass is 35.5. The van der Waals surface area contributed by atoms with Crippen molar-refractivity contribution in [3.63, 3.8) is 0 Å². The quantitative estimate of drug-likeness (QED) is 0.695. The molecule has 4 rings (SSSR count). The van der Waals surface area contributed by atoms with Crippen LogP contribution in [0.1, 0.15) is 36.5 Å². The molecule has 2 heterocycles. The van der Waals surface area contributed by atoms with Gasteiger partial charge in [0.1, 0.15) is 5.67 Å². The predicted molar refractivity (Wildman–Crippen MR) is 105 cm³/mol. The highest BCUT2D eigenvalue weighted by Gasteiger charge is 2.39. The summed E-state index contributed by atoms with van der Waals surface area (Å²) in [6.45, 7) is 1.59. The predicted octanol–water partition coefficient (Wildman–Crippen LogP) is 4.45. The highest BCUT2D eigenvalue weighted by molar-refractivity contribution is 6.30. The van der Waals surface area contributed by atoms with E-state index in [0.717, 1.165) is 17.5 Å². The lowest BCUT2D eigenvalue weighted by Gasteiger charge is -2.26. The summed E-state index contributed by atoms with van der Waals surface area (Å²) < 4.78 is 16.5. The van der Waals surface area contributed by atoms with Crippen LogP contribution in [-0.2, 0) is 0 Å². The number of benzene rings is 1. The van der Waals surface area contributed by atoms with Crippen LogP contribution in [0.25, 0.3) is 16.6 Å². The Bertz CT molecular complexity index is 1030. The van der Waals surface area contributed by atoms with Crippen LogP contribution in [0.2, 0.25) is 5.02 Å².